The molecule has 0 unspecified atom stereocenters. The molecule has 3 heteroatoms. The van der Waals surface area contributed by atoms with Gasteiger partial charge in [0, 0.05) is 19.2 Å². The molecule has 0 aliphatic heterocycles. The Hall–Kier alpha value is -1.48. The molecule has 0 aliphatic rings. The van der Waals surface area contributed by atoms with Crippen LogP contribution in [-0.2, 0) is 0 Å². The van der Waals surface area contributed by atoms with Crippen molar-refractivity contribution >= 4 is 18.1 Å². The molecule has 1 heterocycles. The number of aliphatic imine (C=N–C) groups is 1. The average Bonchev–Trinajstić information content (AvgIpc) is 2.93. The van der Waals surface area contributed by atoms with Crippen LogP contribution in [0.15, 0.2) is 41.5 Å². The van der Waals surface area contributed by atoms with Crippen molar-refractivity contribution in [3.05, 3.63) is 41.5 Å². The number of aromatic nitrogens is 1. The smallest absolute Gasteiger partial charge is 0.0956 e. The van der Waals surface area contributed by atoms with Crippen LogP contribution in [0.2, 0.25) is 0 Å². The van der Waals surface area contributed by atoms with Crippen LogP contribution < -0.4 is 0 Å². The molecule has 104 valence electrons. The summed E-state index contributed by atoms with van der Waals surface area (Å²) in [7, 11) is 1.64. The van der Waals surface area contributed by atoms with Crippen molar-refractivity contribution in [2.45, 2.75) is 33.6 Å². The molecule has 0 aliphatic carbocycles. The van der Waals surface area contributed by atoms with E-state index in [2.05, 4.69) is 54.8 Å². The molecule has 0 saturated carbocycles. The predicted octanol–water partition coefficient (Wildman–Crippen LogP) is 5.28. The molecule has 0 atom stereocenters. The third-order valence-electron chi connectivity index (χ3n) is 2.08. The maximum atomic E-state index is 4.41. The molecule has 2 nitrogen and oxygen atoms in total. The second kappa shape index (κ2) is 10.4. The minimum absolute atomic E-state index is 0.525. The first-order valence-corrected chi connectivity index (χ1v) is 7.36. The van der Waals surface area contributed by atoms with Crippen molar-refractivity contribution in [3.8, 4) is 10.4 Å². The van der Waals surface area contributed by atoms with E-state index in [-0.39, 0.29) is 0 Å². The summed E-state index contributed by atoms with van der Waals surface area (Å²) in [6.45, 7) is 11.5. The lowest BCUT2D eigenvalue weighted by Gasteiger charge is -1.96. The maximum Gasteiger partial charge on any atom is 0.0956 e. The molecule has 1 aromatic carbocycles. The van der Waals surface area contributed by atoms with Crippen LogP contribution in [0.3, 0.4) is 0 Å². The lowest BCUT2D eigenvalue weighted by atomic mass is 10.2. The average molecular weight is 276 g/mol. The molecule has 19 heavy (non-hydrogen) atoms. The quantitative estimate of drug-likeness (QED) is 0.685. The van der Waals surface area contributed by atoms with E-state index in [0.29, 0.717) is 5.92 Å². The molecule has 0 radical (unpaired) electrons. The van der Waals surface area contributed by atoms with E-state index in [4.69, 9.17) is 0 Å². The fraction of sp³-hybridized carbons (Fsp3) is 0.375. The molecular weight excluding hydrogens is 252 g/mol. The van der Waals surface area contributed by atoms with Gasteiger partial charge in [-0.2, -0.15) is 0 Å². The van der Waals surface area contributed by atoms with E-state index in [0.717, 1.165) is 0 Å². The first kappa shape index (κ1) is 17.5. The summed E-state index contributed by atoms with van der Waals surface area (Å²) in [5.41, 5.74) is 1.26. The summed E-state index contributed by atoms with van der Waals surface area (Å²) in [6.07, 6.45) is 1.97. The zero-order valence-corrected chi connectivity index (χ0v) is 13.4. The molecule has 2 aromatic rings. The van der Waals surface area contributed by atoms with Gasteiger partial charge in [0.2, 0.25) is 0 Å². The van der Waals surface area contributed by atoms with E-state index < -0.39 is 0 Å². The van der Waals surface area contributed by atoms with Gasteiger partial charge in [0.15, 0.2) is 0 Å². The first-order valence-electron chi connectivity index (χ1n) is 6.55. The van der Waals surface area contributed by atoms with E-state index in [1.54, 1.807) is 18.4 Å². The van der Waals surface area contributed by atoms with Gasteiger partial charge in [-0.05, 0) is 12.3 Å². The van der Waals surface area contributed by atoms with Crippen LogP contribution in [0.25, 0.3) is 10.4 Å². The maximum absolute atomic E-state index is 4.41. The lowest BCUT2D eigenvalue weighted by Crippen LogP contribution is -1.81. The van der Waals surface area contributed by atoms with E-state index in [1.165, 1.54) is 15.4 Å². The van der Waals surface area contributed by atoms with Crippen molar-refractivity contribution in [1.29, 1.82) is 0 Å². The topological polar surface area (TPSA) is 25.2 Å². The largest absolute Gasteiger partial charge is 0.304 e. The third-order valence-corrected chi connectivity index (χ3v) is 3.42. The molecule has 0 amide bonds. The minimum atomic E-state index is 0.525. The summed E-state index contributed by atoms with van der Waals surface area (Å²) in [5.74, 6) is 0.525. The monoisotopic (exact) mass is 276 g/mol. The van der Waals surface area contributed by atoms with Gasteiger partial charge in [-0.15, -0.1) is 11.3 Å². The van der Waals surface area contributed by atoms with Crippen LogP contribution >= 0.6 is 11.3 Å². The van der Waals surface area contributed by atoms with E-state index >= 15 is 0 Å². The Labute approximate surface area is 121 Å². The Bertz CT molecular complexity index is 447. The van der Waals surface area contributed by atoms with Crippen LogP contribution in [0.5, 0.6) is 0 Å². The summed E-state index contributed by atoms with van der Waals surface area (Å²) in [6, 6.07) is 10.4. The minimum Gasteiger partial charge on any atom is -0.304 e. The van der Waals surface area contributed by atoms with Crippen molar-refractivity contribution < 1.29 is 0 Å². The van der Waals surface area contributed by atoms with Gasteiger partial charge in [0.05, 0.1) is 9.88 Å². The van der Waals surface area contributed by atoms with Gasteiger partial charge < -0.3 is 4.99 Å². The molecule has 2 rings (SSSR count). The number of nitrogens with zero attached hydrogens (tertiary/aromatic N) is 2. The van der Waals surface area contributed by atoms with Crippen LogP contribution in [0, 0.1) is 0 Å². The highest BCUT2D eigenvalue weighted by atomic mass is 32.1. The molecule has 0 spiro atoms. The molecule has 1 aromatic heterocycles. The number of rotatable bonds is 2. The molecule has 0 N–H and O–H groups in total. The SMILES string of the molecule is C=NC.CC.CC(C)c1ncc(-c2ccccc2)s1. The Morgan fingerprint density at radius 3 is 2.11 bits per heavy atom. The van der Waals surface area contributed by atoms with Gasteiger partial charge in [-0.25, -0.2) is 4.98 Å². The van der Waals surface area contributed by atoms with Crippen molar-refractivity contribution in [2.24, 2.45) is 4.99 Å². The fourth-order valence-corrected chi connectivity index (χ4v) is 2.22. The Balaban J connectivity index is 0.000000573. The third kappa shape index (κ3) is 6.30. The standard InChI is InChI=1S/C12H13NS.C2H5N.C2H6/c1-9(2)12-13-8-11(14-12)10-6-4-3-5-7-10;1-3-2;1-2/h3-9H,1-2H3;1H2,2H3;1-2H3. The Morgan fingerprint density at radius 1 is 1.16 bits per heavy atom. The van der Waals surface area contributed by atoms with Gasteiger partial charge in [0.25, 0.3) is 0 Å². The zero-order chi connectivity index (χ0) is 14.7. The second-order valence-corrected chi connectivity index (χ2v) is 4.96. The van der Waals surface area contributed by atoms with Gasteiger partial charge >= 0.3 is 0 Å². The number of thiazole rings is 1. The summed E-state index contributed by atoms with van der Waals surface area (Å²) < 4.78 is 0. The summed E-state index contributed by atoms with van der Waals surface area (Å²) >= 11 is 1.78. The number of benzene rings is 1. The summed E-state index contributed by atoms with van der Waals surface area (Å²) in [5, 5.41) is 1.21. The van der Waals surface area contributed by atoms with Gasteiger partial charge in [0.1, 0.15) is 0 Å². The highest BCUT2D eigenvalue weighted by Crippen LogP contribution is 2.29. The zero-order valence-electron chi connectivity index (χ0n) is 12.6. The first-order chi connectivity index (χ1) is 9.19. The highest BCUT2D eigenvalue weighted by Gasteiger charge is 2.06. The molecule has 0 bridgehead atoms. The lowest BCUT2D eigenvalue weighted by molar-refractivity contribution is 0.852. The van der Waals surface area contributed by atoms with Gasteiger partial charge in [-0.3, -0.25) is 0 Å². The molecular formula is C16H24N2S. The number of hydrogen-bond acceptors (Lipinski definition) is 3. The molecule has 0 fully saturated rings. The summed E-state index contributed by atoms with van der Waals surface area (Å²) in [4.78, 5) is 8.92. The highest BCUT2D eigenvalue weighted by molar-refractivity contribution is 7.15. The Morgan fingerprint density at radius 2 is 1.68 bits per heavy atom. The molecule has 0 saturated heterocycles. The predicted molar refractivity (Wildman–Crippen MR) is 88.5 cm³/mol. The number of hydrogen-bond donors (Lipinski definition) is 0. The Kier molecular flexibility index (Phi) is 9.63. The second-order valence-electron chi connectivity index (χ2n) is 3.90. The normalized spacial score (nSPS) is 8.95. The van der Waals surface area contributed by atoms with Crippen LogP contribution in [0.4, 0.5) is 0 Å². The van der Waals surface area contributed by atoms with E-state index in [1.807, 2.05) is 26.1 Å². The van der Waals surface area contributed by atoms with Crippen LogP contribution in [-0.4, -0.2) is 18.7 Å². The van der Waals surface area contributed by atoms with Gasteiger partial charge in [-0.1, -0.05) is 58.0 Å². The van der Waals surface area contributed by atoms with Crippen molar-refractivity contribution in [2.75, 3.05) is 7.05 Å². The fourth-order valence-electron chi connectivity index (χ4n) is 1.29. The van der Waals surface area contributed by atoms with Crippen LogP contribution in [0.1, 0.15) is 38.6 Å². The van der Waals surface area contributed by atoms with Crippen molar-refractivity contribution in [1.82, 2.24) is 4.98 Å². The van der Waals surface area contributed by atoms with Crippen molar-refractivity contribution in [3.63, 3.8) is 0 Å². The van der Waals surface area contributed by atoms with E-state index in [9.17, 15) is 0 Å².